The molecular weight excluding hydrogens is 228 g/mol. The van der Waals surface area contributed by atoms with Crippen LogP contribution >= 0.6 is 12.4 Å². The highest BCUT2D eigenvalue weighted by Crippen LogP contribution is 2.04. The maximum absolute atomic E-state index is 11.6. The normalized spacial score (nSPS) is 14.1. The van der Waals surface area contributed by atoms with Gasteiger partial charge in [-0.1, -0.05) is 20.8 Å². The molecule has 0 aromatic heterocycles. The summed E-state index contributed by atoms with van der Waals surface area (Å²) in [6.07, 6.45) is 0.0933. The number of carbonyl (C=O) groups is 1. The Morgan fingerprint density at radius 2 is 1.81 bits per heavy atom. The van der Waals surface area contributed by atoms with Crippen molar-refractivity contribution in [3.63, 3.8) is 0 Å². The first-order chi connectivity index (χ1) is 7.02. The summed E-state index contributed by atoms with van der Waals surface area (Å²) in [5.74, 6) is 0.488. The number of halogens is 1. The number of hydrogen-bond donors (Lipinski definition) is 2. The highest BCUT2D eigenvalue weighted by molar-refractivity contribution is 5.85. The van der Waals surface area contributed by atoms with E-state index in [2.05, 4.69) is 24.5 Å². The van der Waals surface area contributed by atoms with Crippen LogP contribution in [0.1, 0.15) is 20.8 Å². The summed E-state index contributed by atoms with van der Waals surface area (Å²) >= 11 is 0. The number of hydrogen-bond acceptors (Lipinski definition) is 3. The second-order valence-corrected chi connectivity index (χ2v) is 4.22. The van der Waals surface area contributed by atoms with E-state index in [0.717, 1.165) is 0 Å². The molecule has 2 atom stereocenters. The Hall–Kier alpha value is -0.320. The molecule has 16 heavy (non-hydrogen) atoms. The molecule has 0 aliphatic rings. The number of rotatable bonds is 7. The van der Waals surface area contributed by atoms with Crippen molar-refractivity contribution >= 4 is 18.3 Å². The van der Waals surface area contributed by atoms with E-state index < -0.39 is 0 Å². The third-order valence-corrected chi connectivity index (χ3v) is 2.48. The van der Waals surface area contributed by atoms with Crippen molar-refractivity contribution in [2.75, 3.05) is 27.2 Å². The molecule has 0 aliphatic heterocycles. The lowest BCUT2D eigenvalue weighted by atomic mass is 10.1. The molecule has 2 unspecified atom stereocenters. The van der Waals surface area contributed by atoms with Crippen molar-refractivity contribution in [3.05, 3.63) is 0 Å². The fourth-order valence-electron chi connectivity index (χ4n) is 1.37. The van der Waals surface area contributed by atoms with Crippen LogP contribution in [0.3, 0.4) is 0 Å². The van der Waals surface area contributed by atoms with E-state index >= 15 is 0 Å². The van der Waals surface area contributed by atoms with Crippen molar-refractivity contribution in [2.24, 2.45) is 11.8 Å². The lowest BCUT2D eigenvalue weighted by Gasteiger charge is -2.20. The van der Waals surface area contributed by atoms with Gasteiger partial charge in [0.2, 0.25) is 5.91 Å². The van der Waals surface area contributed by atoms with Gasteiger partial charge in [-0.25, -0.2) is 0 Å². The van der Waals surface area contributed by atoms with Gasteiger partial charge < -0.3 is 15.4 Å². The number of nitrogens with one attached hydrogen (secondary N) is 2. The molecule has 0 fully saturated rings. The van der Waals surface area contributed by atoms with Gasteiger partial charge in [-0.3, -0.25) is 4.79 Å². The Bertz CT molecular complexity index is 189. The van der Waals surface area contributed by atoms with Crippen molar-refractivity contribution in [3.8, 4) is 0 Å². The predicted molar refractivity (Wildman–Crippen MR) is 69.0 cm³/mol. The molecule has 5 heteroatoms. The van der Waals surface area contributed by atoms with Crippen molar-refractivity contribution in [1.82, 2.24) is 10.6 Å². The first-order valence-corrected chi connectivity index (χ1v) is 5.48. The van der Waals surface area contributed by atoms with E-state index in [9.17, 15) is 4.79 Å². The van der Waals surface area contributed by atoms with E-state index in [1.54, 1.807) is 7.11 Å². The minimum atomic E-state index is -0.000307. The summed E-state index contributed by atoms with van der Waals surface area (Å²) in [7, 11) is 3.52. The number of ether oxygens (including phenoxy) is 1. The van der Waals surface area contributed by atoms with Gasteiger partial charge in [0, 0.05) is 26.1 Å². The fraction of sp³-hybridized carbons (Fsp3) is 0.909. The maximum Gasteiger partial charge on any atom is 0.224 e. The minimum absolute atomic E-state index is 0. The number of carbonyl (C=O) groups excluding carboxylic acids is 1. The Balaban J connectivity index is 0. The highest BCUT2D eigenvalue weighted by atomic mass is 35.5. The largest absolute Gasteiger partial charge is 0.379 e. The lowest BCUT2D eigenvalue weighted by Crippen LogP contribution is -2.40. The predicted octanol–water partition coefficient (Wildman–Crippen LogP) is 1.05. The summed E-state index contributed by atoms with van der Waals surface area (Å²) in [4.78, 5) is 11.6. The van der Waals surface area contributed by atoms with Gasteiger partial charge in [-0.15, -0.1) is 12.4 Å². The van der Waals surface area contributed by atoms with Gasteiger partial charge in [0.1, 0.15) is 0 Å². The number of methoxy groups -OCH3 is 1. The third-order valence-electron chi connectivity index (χ3n) is 2.48. The lowest BCUT2D eigenvalue weighted by molar-refractivity contribution is -0.125. The zero-order valence-corrected chi connectivity index (χ0v) is 11.7. The second-order valence-electron chi connectivity index (χ2n) is 4.22. The SMILES string of the molecule is CNCC(C)C(=O)NCC(OC)C(C)C.Cl. The first-order valence-electron chi connectivity index (χ1n) is 5.48. The minimum Gasteiger partial charge on any atom is -0.379 e. The van der Waals surface area contributed by atoms with Gasteiger partial charge in [0.15, 0.2) is 0 Å². The van der Waals surface area contributed by atoms with Crippen LogP contribution in [0.15, 0.2) is 0 Å². The topological polar surface area (TPSA) is 50.4 Å². The molecule has 0 aromatic rings. The molecule has 0 heterocycles. The van der Waals surface area contributed by atoms with E-state index in [-0.39, 0.29) is 30.3 Å². The van der Waals surface area contributed by atoms with Crippen molar-refractivity contribution in [1.29, 1.82) is 0 Å². The van der Waals surface area contributed by atoms with Crippen molar-refractivity contribution in [2.45, 2.75) is 26.9 Å². The van der Waals surface area contributed by atoms with Crippen LogP contribution in [0.4, 0.5) is 0 Å². The molecular formula is C11H25ClN2O2. The molecule has 0 bridgehead atoms. The molecule has 0 radical (unpaired) electrons. The molecule has 4 nitrogen and oxygen atoms in total. The van der Waals surface area contributed by atoms with E-state index in [1.807, 2.05) is 14.0 Å². The van der Waals surface area contributed by atoms with E-state index in [0.29, 0.717) is 19.0 Å². The molecule has 2 N–H and O–H groups in total. The third kappa shape index (κ3) is 7.04. The van der Waals surface area contributed by atoms with Crippen molar-refractivity contribution < 1.29 is 9.53 Å². The molecule has 0 saturated carbocycles. The van der Waals surface area contributed by atoms with Gasteiger partial charge in [0.25, 0.3) is 0 Å². The smallest absolute Gasteiger partial charge is 0.224 e. The highest BCUT2D eigenvalue weighted by Gasteiger charge is 2.16. The van der Waals surface area contributed by atoms with Crippen LogP contribution in [0.25, 0.3) is 0 Å². The molecule has 0 aliphatic carbocycles. The van der Waals surface area contributed by atoms with Gasteiger partial charge in [-0.2, -0.15) is 0 Å². The molecule has 98 valence electrons. The quantitative estimate of drug-likeness (QED) is 0.712. The summed E-state index contributed by atoms with van der Waals surface area (Å²) < 4.78 is 5.27. The van der Waals surface area contributed by atoms with Crippen LogP contribution in [0, 0.1) is 11.8 Å². The van der Waals surface area contributed by atoms with Gasteiger partial charge >= 0.3 is 0 Å². The monoisotopic (exact) mass is 252 g/mol. The van der Waals surface area contributed by atoms with E-state index in [1.165, 1.54) is 0 Å². The Morgan fingerprint density at radius 1 is 1.25 bits per heavy atom. The van der Waals surface area contributed by atoms with E-state index in [4.69, 9.17) is 4.74 Å². The molecule has 0 spiro atoms. The Morgan fingerprint density at radius 3 is 2.19 bits per heavy atom. The molecule has 0 aromatic carbocycles. The van der Waals surface area contributed by atoms with Crippen LogP contribution < -0.4 is 10.6 Å². The average molecular weight is 253 g/mol. The summed E-state index contributed by atoms with van der Waals surface area (Å²) in [6.45, 7) is 7.35. The molecule has 0 saturated heterocycles. The Labute approximate surface area is 105 Å². The first kappa shape index (κ1) is 18.1. The molecule has 0 rings (SSSR count). The van der Waals surface area contributed by atoms with Crippen LogP contribution in [0.2, 0.25) is 0 Å². The number of amides is 1. The van der Waals surface area contributed by atoms with Crippen LogP contribution in [0.5, 0.6) is 0 Å². The zero-order valence-electron chi connectivity index (χ0n) is 10.9. The summed E-state index contributed by atoms with van der Waals surface area (Å²) in [6, 6.07) is 0. The standard InChI is InChI=1S/C11H24N2O2.ClH/c1-8(2)10(15-5)7-13-11(14)9(3)6-12-4;/h8-10,12H,6-7H2,1-5H3,(H,13,14);1H. The fourth-order valence-corrected chi connectivity index (χ4v) is 1.37. The molecule has 1 amide bonds. The zero-order chi connectivity index (χ0) is 11.8. The van der Waals surface area contributed by atoms with Crippen LogP contribution in [-0.2, 0) is 9.53 Å². The second kappa shape index (κ2) is 9.87. The summed E-state index contributed by atoms with van der Waals surface area (Å²) in [5, 5.41) is 5.88. The average Bonchev–Trinajstić information content (AvgIpc) is 2.18. The summed E-state index contributed by atoms with van der Waals surface area (Å²) in [5.41, 5.74) is 0. The maximum atomic E-state index is 11.6. The van der Waals surface area contributed by atoms with Crippen LogP contribution in [-0.4, -0.2) is 39.3 Å². The Kier molecular flexibility index (Phi) is 11.1. The van der Waals surface area contributed by atoms with Gasteiger partial charge in [-0.05, 0) is 13.0 Å². The van der Waals surface area contributed by atoms with Gasteiger partial charge in [0.05, 0.1) is 6.10 Å².